The van der Waals surface area contributed by atoms with Crippen molar-refractivity contribution in [3.63, 3.8) is 0 Å². The van der Waals surface area contributed by atoms with E-state index in [1.54, 1.807) is 0 Å². The Morgan fingerprint density at radius 1 is 0.950 bits per heavy atom. The van der Waals surface area contributed by atoms with Crippen LogP contribution in [0.4, 0.5) is 0 Å². The molecule has 2 aromatic carbocycles. The topological polar surface area (TPSA) is 27.7 Å². The van der Waals surface area contributed by atoms with Gasteiger partial charge in [-0.3, -0.25) is 0 Å². The molecule has 1 aromatic heterocycles. The number of halogens is 1. The molecule has 0 spiro atoms. The van der Waals surface area contributed by atoms with E-state index in [4.69, 9.17) is 5.26 Å². The second kappa shape index (κ2) is 6.31. The Hall–Kier alpha value is -2.18. The van der Waals surface area contributed by atoms with Gasteiger partial charge in [-0.05, 0) is 12.1 Å². The van der Waals surface area contributed by atoms with E-state index in [1.165, 1.54) is 5.56 Å². The molecule has 1 heterocycles. The molecule has 2 nitrogen and oxygen atoms in total. The number of hydrogen-bond acceptors (Lipinski definition) is 1. The summed E-state index contributed by atoms with van der Waals surface area (Å²) in [6, 6.07) is 22.6. The first-order chi connectivity index (χ1) is 9.36. The van der Waals surface area contributed by atoms with Gasteiger partial charge in [-0.1, -0.05) is 42.5 Å². The van der Waals surface area contributed by atoms with Gasteiger partial charge in [0.25, 0.3) is 0 Å². The summed E-state index contributed by atoms with van der Waals surface area (Å²) in [6.45, 7) is 0.775. The number of nitrogens with zero attached hydrogens (tertiary/aromatic N) is 2. The second-order valence-corrected chi connectivity index (χ2v) is 4.51. The number of aromatic nitrogens is 1. The SMILES string of the molecule is N#Cc1cc2ccccc2[n+](Cc2ccccc2)c1.[Br-]. The molecule has 0 saturated carbocycles. The fourth-order valence-electron chi connectivity index (χ4n) is 2.29. The van der Waals surface area contributed by atoms with Crippen LogP contribution in [0.15, 0.2) is 66.9 Å². The molecule has 0 unspecified atom stereocenters. The highest BCUT2D eigenvalue weighted by Crippen LogP contribution is 2.12. The van der Waals surface area contributed by atoms with E-state index in [9.17, 15) is 0 Å². The van der Waals surface area contributed by atoms with Crippen molar-refractivity contribution in [2.45, 2.75) is 6.54 Å². The van der Waals surface area contributed by atoms with Crippen LogP contribution in [-0.4, -0.2) is 0 Å². The van der Waals surface area contributed by atoms with Crippen molar-refractivity contribution in [2.75, 3.05) is 0 Å². The molecular formula is C17H13BrN2. The van der Waals surface area contributed by atoms with E-state index in [0.29, 0.717) is 5.56 Å². The zero-order valence-corrected chi connectivity index (χ0v) is 12.4. The van der Waals surface area contributed by atoms with Crippen LogP contribution in [0.3, 0.4) is 0 Å². The smallest absolute Gasteiger partial charge is 0.212 e. The summed E-state index contributed by atoms with van der Waals surface area (Å²) in [5, 5.41) is 10.2. The highest BCUT2D eigenvalue weighted by Gasteiger charge is 2.11. The summed E-state index contributed by atoms with van der Waals surface area (Å²) in [6.07, 6.45) is 1.91. The Bertz CT molecular complexity index is 761. The van der Waals surface area contributed by atoms with E-state index in [-0.39, 0.29) is 17.0 Å². The van der Waals surface area contributed by atoms with Gasteiger partial charge in [0.1, 0.15) is 11.6 Å². The quantitative estimate of drug-likeness (QED) is 0.612. The molecule has 20 heavy (non-hydrogen) atoms. The summed E-state index contributed by atoms with van der Waals surface area (Å²) in [5.74, 6) is 0. The summed E-state index contributed by atoms with van der Waals surface area (Å²) < 4.78 is 2.13. The Labute approximate surface area is 128 Å². The molecular weight excluding hydrogens is 312 g/mol. The Morgan fingerprint density at radius 3 is 2.40 bits per heavy atom. The van der Waals surface area contributed by atoms with Crippen molar-refractivity contribution in [2.24, 2.45) is 0 Å². The Balaban J connectivity index is 0.00000147. The molecule has 0 atom stereocenters. The first-order valence-electron chi connectivity index (χ1n) is 6.23. The van der Waals surface area contributed by atoms with Crippen molar-refractivity contribution in [1.29, 1.82) is 5.26 Å². The fraction of sp³-hybridized carbons (Fsp3) is 0.0588. The molecule has 0 aliphatic carbocycles. The van der Waals surface area contributed by atoms with E-state index in [2.05, 4.69) is 28.8 Å². The maximum atomic E-state index is 9.12. The van der Waals surface area contributed by atoms with Gasteiger partial charge >= 0.3 is 0 Å². The normalized spacial score (nSPS) is 9.75. The van der Waals surface area contributed by atoms with Crippen LogP contribution in [0, 0.1) is 11.3 Å². The van der Waals surface area contributed by atoms with Crippen molar-refractivity contribution >= 4 is 10.9 Å². The van der Waals surface area contributed by atoms with Crippen molar-refractivity contribution in [1.82, 2.24) is 0 Å². The molecule has 3 aromatic rings. The van der Waals surface area contributed by atoms with Crippen LogP contribution in [0.5, 0.6) is 0 Å². The van der Waals surface area contributed by atoms with Gasteiger partial charge in [0.05, 0.1) is 0 Å². The average Bonchev–Trinajstić information content (AvgIpc) is 2.48. The number of fused-ring (bicyclic) bond motifs is 1. The van der Waals surface area contributed by atoms with Crippen LogP contribution in [-0.2, 0) is 6.54 Å². The molecule has 0 radical (unpaired) electrons. The van der Waals surface area contributed by atoms with Gasteiger partial charge < -0.3 is 17.0 Å². The van der Waals surface area contributed by atoms with Crippen LogP contribution in [0.2, 0.25) is 0 Å². The lowest BCUT2D eigenvalue weighted by Gasteiger charge is -2.02. The molecule has 0 saturated heterocycles. The van der Waals surface area contributed by atoms with Crippen LogP contribution >= 0.6 is 0 Å². The van der Waals surface area contributed by atoms with Gasteiger partial charge in [-0.25, -0.2) is 0 Å². The predicted molar refractivity (Wildman–Crippen MR) is 74.4 cm³/mol. The number of nitriles is 1. The standard InChI is InChI=1S/C17H13N2.BrH/c18-11-15-10-16-8-4-5-9-17(16)19(13-15)12-14-6-2-1-3-7-14;/h1-10,13H,12H2;1H/q+1;/p-1. The third-order valence-corrected chi connectivity index (χ3v) is 3.18. The lowest BCUT2D eigenvalue weighted by Crippen LogP contribution is -3.00. The maximum Gasteiger partial charge on any atom is 0.212 e. The lowest BCUT2D eigenvalue weighted by molar-refractivity contribution is -0.662. The number of benzene rings is 2. The summed E-state index contributed by atoms with van der Waals surface area (Å²) in [7, 11) is 0. The first kappa shape index (κ1) is 14.2. The third kappa shape index (κ3) is 2.87. The van der Waals surface area contributed by atoms with Gasteiger partial charge in [0, 0.05) is 17.0 Å². The monoisotopic (exact) mass is 324 g/mol. The second-order valence-electron chi connectivity index (χ2n) is 4.51. The Kier molecular flexibility index (Phi) is 4.49. The maximum absolute atomic E-state index is 9.12. The van der Waals surface area contributed by atoms with Crippen molar-refractivity contribution in [3.8, 4) is 6.07 Å². The molecule has 3 heteroatoms. The summed E-state index contributed by atoms with van der Waals surface area (Å²) in [4.78, 5) is 0. The number of pyridine rings is 1. The molecule has 0 amide bonds. The first-order valence-corrected chi connectivity index (χ1v) is 6.23. The fourth-order valence-corrected chi connectivity index (χ4v) is 2.29. The van der Waals surface area contributed by atoms with Crippen LogP contribution in [0.1, 0.15) is 11.1 Å². The van der Waals surface area contributed by atoms with Gasteiger partial charge in [-0.15, -0.1) is 0 Å². The minimum absolute atomic E-state index is 0. The van der Waals surface area contributed by atoms with E-state index in [0.717, 1.165) is 17.4 Å². The average molecular weight is 325 g/mol. The number of hydrogen-bond donors (Lipinski definition) is 0. The van der Waals surface area contributed by atoms with Crippen molar-refractivity contribution < 1.29 is 21.5 Å². The minimum atomic E-state index is 0. The zero-order chi connectivity index (χ0) is 13.1. The van der Waals surface area contributed by atoms with Crippen LogP contribution in [0.25, 0.3) is 10.9 Å². The molecule has 0 aliphatic heterocycles. The third-order valence-electron chi connectivity index (χ3n) is 3.18. The molecule has 3 rings (SSSR count). The molecule has 0 fully saturated rings. The van der Waals surface area contributed by atoms with E-state index < -0.39 is 0 Å². The van der Waals surface area contributed by atoms with Gasteiger partial charge in [0.2, 0.25) is 5.52 Å². The number of rotatable bonds is 2. The molecule has 0 aliphatic rings. The van der Waals surface area contributed by atoms with E-state index >= 15 is 0 Å². The zero-order valence-electron chi connectivity index (χ0n) is 10.8. The largest absolute Gasteiger partial charge is 1.00 e. The summed E-state index contributed by atoms with van der Waals surface area (Å²) >= 11 is 0. The van der Waals surface area contributed by atoms with Gasteiger partial charge in [-0.2, -0.15) is 9.83 Å². The minimum Gasteiger partial charge on any atom is -1.00 e. The molecule has 0 N–H and O–H groups in total. The van der Waals surface area contributed by atoms with Crippen molar-refractivity contribution in [3.05, 3.63) is 78.0 Å². The lowest BCUT2D eigenvalue weighted by atomic mass is 10.1. The highest BCUT2D eigenvalue weighted by molar-refractivity contribution is 5.76. The predicted octanol–water partition coefficient (Wildman–Crippen LogP) is 0.0513. The van der Waals surface area contributed by atoms with Gasteiger partial charge in [0.15, 0.2) is 12.7 Å². The Morgan fingerprint density at radius 2 is 1.65 bits per heavy atom. The number of para-hydroxylation sites is 1. The summed E-state index contributed by atoms with van der Waals surface area (Å²) in [5.41, 5.74) is 3.06. The molecule has 0 bridgehead atoms. The van der Waals surface area contributed by atoms with Crippen LogP contribution < -0.4 is 21.5 Å². The van der Waals surface area contributed by atoms with E-state index in [1.807, 2.05) is 48.7 Å². The highest BCUT2D eigenvalue weighted by atomic mass is 79.9. The molecule has 98 valence electrons.